The molecule has 2 aromatic rings. The van der Waals surface area contributed by atoms with E-state index in [9.17, 15) is 13.6 Å². The Bertz CT molecular complexity index is 528. The molecule has 5 nitrogen and oxygen atoms in total. The SMILES string of the molecule is O=C(Nc1ccno1)Nc1cc(F)ccc1F. The van der Waals surface area contributed by atoms with Gasteiger partial charge >= 0.3 is 6.03 Å². The van der Waals surface area contributed by atoms with Crippen LogP contribution in [0.4, 0.5) is 25.1 Å². The molecule has 0 fully saturated rings. The summed E-state index contributed by atoms with van der Waals surface area (Å²) < 4.78 is 30.6. The lowest BCUT2D eigenvalue weighted by Crippen LogP contribution is -2.19. The van der Waals surface area contributed by atoms with Crippen LogP contribution in [0.5, 0.6) is 0 Å². The molecule has 0 atom stereocenters. The molecular weight excluding hydrogens is 232 g/mol. The topological polar surface area (TPSA) is 67.2 Å². The maximum Gasteiger partial charge on any atom is 0.326 e. The fourth-order valence-electron chi connectivity index (χ4n) is 1.14. The maximum atomic E-state index is 13.2. The monoisotopic (exact) mass is 239 g/mol. The zero-order valence-corrected chi connectivity index (χ0v) is 8.41. The van der Waals surface area contributed by atoms with Crippen molar-refractivity contribution in [1.82, 2.24) is 5.16 Å². The summed E-state index contributed by atoms with van der Waals surface area (Å²) in [6.45, 7) is 0. The van der Waals surface area contributed by atoms with Crippen molar-refractivity contribution in [2.75, 3.05) is 10.6 Å². The molecule has 88 valence electrons. The minimum Gasteiger partial charge on any atom is -0.338 e. The first-order valence-electron chi connectivity index (χ1n) is 4.59. The van der Waals surface area contributed by atoms with Crippen molar-refractivity contribution in [3.8, 4) is 0 Å². The molecule has 0 saturated heterocycles. The summed E-state index contributed by atoms with van der Waals surface area (Å²) in [5.74, 6) is -1.29. The normalized spacial score (nSPS) is 10.0. The largest absolute Gasteiger partial charge is 0.338 e. The Kier molecular flexibility index (Phi) is 2.99. The van der Waals surface area contributed by atoms with Crippen LogP contribution in [0.1, 0.15) is 0 Å². The van der Waals surface area contributed by atoms with E-state index in [0.29, 0.717) is 0 Å². The number of halogens is 2. The van der Waals surface area contributed by atoms with Crippen molar-refractivity contribution in [2.24, 2.45) is 0 Å². The Morgan fingerprint density at radius 3 is 2.76 bits per heavy atom. The summed E-state index contributed by atoms with van der Waals surface area (Å²) in [7, 11) is 0. The van der Waals surface area contributed by atoms with Crippen LogP contribution in [-0.2, 0) is 0 Å². The van der Waals surface area contributed by atoms with Crippen LogP contribution in [0.3, 0.4) is 0 Å². The molecule has 0 unspecified atom stereocenters. The highest BCUT2D eigenvalue weighted by Gasteiger charge is 2.09. The molecule has 7 heteroatoms. The van der Waals surface area contributed by atoms with E-state index in [2.05, 4.69) is 20.3 Å². The van der Waals surface area contributed by atoms with Crippen LogP contribution in [0.2, 0.25) is 0 Å². The summed E-state index contributed by atoms with van der Waals surface area (Å²) in [4.78, 5) is 11.3. The van der Waals surface area contributed by atoms with E-state index in [1.54, 1.807) is 0 Å². The van der Waals surface area contributed by atoms with E-state index in [-0.39, 0.29) is 11.6 Å². The van der Waals surface area contributed by atoms with Crippen molar-refractivity contribution >= 4 is 17.6 Å². The van der Waals surface area contributed by atoms with E-state index in [1.165, 1.54) is 12.3 Å². The number of hydrogen-bond acceptors (Lipinski definition) is 3. The highest BCUT2D eigenvalue weighted by Crippen LogP contribution is 2.15. The van der Waals surface area contributed by atoms with Gasteiger partial charge in [0.25, 0.3) is 0 Å². The summed E-state index contributed by atoms with van der Waals surface area (Å²) in [6, 6.07) is 3.39. The Morgan fingerprint density at radius 2 is 2.06 bits per heavy atom. The Balaban J connectivity index is 2.05. The molecule has 0 aliphatic rings. The van der Waals surface area contributed by atoms with Gasteiger partial charge in [-0.25, -0.2) is 13.6 Å². The molecular formula is C10H7F2N3O2. The first-order chi connectivity index (χ1) is 8.15. The van der Waals surface area contributed by atoms with Gasteiger partial charge in [-0.05, 0) is 12.1 Å². The van der Waals surface area contributed by atoms with Gasteiger partial charge in [-0.3, -0.25) is 5.32 Å². The van der Waals surface area contributed by atoms with Gasteiger partial charge in [-0.1, -0.05) is 5.16 Å². The number of urea groups is 1. The average molecular weight is 239 g/mol. The zero-order valence-electron chi connectivity index (χ0n) is 8.41. The van der Waals surface area contributed by atoms with Crippen molar-refractivity contribution in [3.63, 3.8) is 0 Å². The van der Waals surface area contributed by atoms with Crippen LogP contribution >= 0.6 is 0 Å². The van der Waals surface area contributed by atoms with Gasteiger partial charge in [0.1, 0.15) is 11.6 Å². The third kappa shape index (κ3) is 2.77. The zero-order chi connectivity index (χ0) is 12.3. The number of rotatable bonds is 2. The van der Waals surface area contributed by atoms with Crippen molar-refractivity contribution in [3.05, 3.63) is 42.1 Å². The highest BCUT2D eigenvalue weighted by molar-refractivity contribution is 5.98. The number of aromatic nitrogens is 1. The van der Waals surface area contributed by atoms with Gasteiger partial charge in [-0.2, -0.15) is 0 Å². The second-order valence-electron chi connectivity index (χ2n) is 3.08. The lowest BCUT2D eigenvalue weighted by molar-refractivity contribution is 0.261. The molecule has 17 heavy (non-hydrogen) atoms. The molecule has 2 amide bonds. The van der Waals surface area contributed by atoms with Crippen molar-refractivity contribution in [2.45, 2.75) is 0 Å². The molecule has 0 aliphatic carbocycles. The number of amides is 2. The molecule has 0 aliphatic heterocycles. The van der Waals surface area contributed by atoms with E-state index >= 15 is 0 Å². The Labute approximate surface area is 94.4 Å². The number of anilines is 2. The van der Waals surface area contributed by atoms with Crippen molar-refractivity contribution in [1.29, 1.82) is 0 Å². The summed E-state index contributed by atoms with van der Waals surface area (Å²) >= 11 is 0. The molecule has 0 saturated carbocycles. The molecule has 1 aromatic carbocycles. The van der Waals surface area contributed by atoms with Gasteiger partial charge in [0.2, 0.25) is 5.88 Å². The van der Waals surface area contributed by atoms with E-state index in [4.69, 9.17) is 0 Å². The first-order valence-corrected chi connectivity index (χ1v) is 4.59. The smallest absolute Gasteiger partial charge is 0.326 e. The Hall–Kier alpha value is -2.44. The van der Waals surface area contributed by atoms with Gasteiger partial charge in [0.15, 0.2) is 0 Å². The highest BCUT2D eigenvalue weighted by atomic mass is 19.1. The van der Waals surface area contributed by atoms with Crippen LogP contribution in [-0.4, -0.2) is 11.2 Å². The lowest BCUT2D eigenvalue weighted by atomic mass is 10.3. The van der Waals surface area contributed by atoms with Crippen LogP contribution < -0.4 is 10.6 Å². The fraction of sp³-hybridized carbons (Fsp3) is 0. The van der Waals surface area contributed by atoms with Gasteiger partial charge < -0.3 is 9.84 Å². The van der Waals surface area contributed by atoms with Gasteiger partial charge in [0, 0.05) is 12.1 Å². The van der Waals surface area contributed by atoms with Gasteiger partial charge in [-0.15, -0.1) is 0 Å². The van der Waals surface area contributed by atoms with E-state index in [1.807, 2.05) is 0 Å². The summed E-state index contributed by atoms with van der Waals surface area (Å²) in [5, 5.41) is 7.75. The number of carbonyl (C=O) groups is 1. The first kappa shape index (κ1) is 11.1. The van der Waals surface area contributed by atoms with E-state index < -0.39 is 17.7 Å². The fourth-order valence-corrected chi connectivity index (χ4v) is 1.14. The third-order valence-corrected chi connectivity index (χ3v) is 1.85. The van der Waals surface area contributed by atoms with Gasteiger partial charge in [0.05, 0.1) is 11.9 Å². The van der Waals surface area contributed by atoms with E-state index in [0.717, 1.165) is 18.2 Å². The minimum atomic E-state index is -0.758. The predicted octanol–water partition coefficient (Wildman–Crippen LogP) is 2.60. The number of hydrogen-bond donors (Lipinski definition) is 2. The second-order valence-corrected chi connectivity index (χ2v) is 3.08. The predicted molar refractivity (Wildman–Crippen MR) is 55.5 cm³/mol. The summed E-state index contributed by atoms with van der Waals surface area (Å²) in [5.41, 5.74) is -0.262. The quantitative estimate of drug-likeness (QED) is 0.846. The molecule has 1 aromatic heterocycles. The average Bonchev–Trinajstić information content (AvgIpc) is 2.76. The lowest BCUT2D eigenvalue weighted by Gasteiger charge is -2.06. The Morgan fingerprint density at radius 1 is 1.24 bits per heavy atom. The number of nitrogens with zero attached hydrogens (tertiary/aromatic N) is 1. The van der Waals surface area contributed by atoms with Crippen LogP contribution in [0, 0.1) is 11.6 Å². The second kappa shape index (κ2) is 4.60. The number of benzene rings is 1. The van der Waals surface area contributed by atoms with Crippen LogP contribution in [0.25, 0.3) is 0 Å². The number of nitrogens with one attached hydrogen (secondary N) is 2. The van der Waals surface area contributed by atoms with Crippen LogP contribution in [0.15, 0.2) is 35.0 Å². The minimum absolute atomic E-state index is 0.0966. The molecule has 0 radical (unpaired) electrons. The maximum absolute atomic E-state index is 13.2. The molecule has 1 heterocycles. The molecule has 2 N–H and O–H groups in total. The standard InChI is InChI=1S/C10H7F2N3O2/c11-6-1-2-7(12)8(5-6)14-10(16)15-9-3-4-13-17-9/h1-5H,(H2,14,15,16). The molecule has 0 bridgehead atoms. The van der Waals surface area contributed by atoms with Crippen molar-refractivity contribution < 1.29 is 18.1 Å². The molecule has 2 rings (SSSR count). The molecule has 0 spiro atoms. The third-order valence-electron chi connectivity index (χ3n) is 1.85. The summed E-state index contributed by atoms with van der Waals surface area (Å²) in [6.07, 6.45) is 1.33. The number of carbonyl (C=O) groups excluding carboxylic acids is 1.